The maximum atomic E-state index is 12.0. The van der Waals surface area contributed by atoms with Crippen molar-refractivity contribution in [2.45, 2.75) is 31.6 Å². The van der Waals surface area contributed by atoms with Crippen LogP contribution in [0.15, 0.2) is 22.8 Å². The monoisotopic (exact) mass is 246 g/mol. The fraction of sp³-hybridized carbons (Fsp3) is 0.500. The Morgan fingerprint density at radius 3 is 2.33 bits per heavy atom. The number of carbonyl (C=O) groups is 3. The molecule has 4 nitrogen and oxygen atoms in total. The van der Waals surface area contributed by atoms with E-state index in [4.69, 9.17) is 4.42 Å². The van der Waals surface area contributed by atoms with E-state index in [9.17, 15) is 14.4 Å². The van der Waals surface area contributed by atoms with Gasteiger partial charge >= 0.3 is 0 Å². The Morgan fingerprint density at radius 2 is 1.83 bits per heavy atom. The van der Waals surface area contributed by atoms with Gasteiger partial charge in [0.25, 0.3) is 0 Å². The van der Waals surface area contributed by atoms with Gasteiger partial charge in [-0.05, 0) is 25.0 Å². The summed E-state index contributed by atoms with van der Waals surface area (Å²) in [5.41, 5.74) is 0. The van der Waals surface area contributed by atoms with Gasteiger partial charge in [0.15, 0.2) is 17.3 Å². The predicted octanol–water partition coefficient (Wildman–Crippen LogP) is 1.89. The van der Waals surface area contributed by atoms with E-state index in [-0.39, 0.29) is 42.0 Å². The molecule has 18 heavy (non-hydrogen) atoms. The molecule has 0 atom stereocenters. The topological polar surface area (TPSA) is 64.3 Å². The maximum absolute atomic E-state index is 12.0. The number of hydrogen-bond acceptors (Lipinski definition) is 4. The van der Waals surface area contributed by atoms with Gasteiger partial charge in [0.1, 0.15) is 11.7 Å². The van der Waals surface area contributed by atoms with Crippen LogP contribution in [0.5, 0.6) is 0 Å². The van der Waals surface area contributed by atoms with Crippen LogP contribution < -0.4 is 0 Å². The van der Waals surface area contributed by atoms with Crippen molar-refractivity contribution in [1.29, 1.82) is 0 Å². The highest BCUT2D eigenvalue weighted by molar-refractivity contribution is 6.21. The smallest absolute Gasteiger partial charge is 0.153 e. The molecule has 0 spiro atoms. The molecule has 0 unspecified atom stereocenters. The molecule has 2 aliphatic rings. The first-order valence-corrected chi connectivity index (χ1v) is 6.29. The second kappa shape index (κ2) is 4.19. The van der Waals surface area contributed by atoms with Gasteiger partial charge in [-0.15, -0.1) is 0 Å². The van der Waals surface area contributed by atoms with Gasteiger partial charge in [-0.3, -0.25) is 14.4 Å². The van der Waals surface area contributed by atoms with Gasteiger partial charge in [0, 0.05) is 24.7 Å². The molecule has 0 amide bonds. The van der Waals surface area contributed by atoms with E-state index in [1.54, 1.807) is 12.1 Å². The standard InChI is InChI=1S/C14H14O4/c15-10-6-9(12-2-1-5-18-12)7-11(16)13(10)14(17)8-3-4-8/h1-2,5,8-9,13H,3-4,6-7H2. The van der Waals surface area contributed by atoms with Gasteiger partial charge in [-0.1, -0.05) is 0 Å². The minimum Gasteiger partial charge on any atom is -0.469 e. The van der Waals surface area contributed by atoms with Crippen LogP contribution >= 0.6 is 0 Å². The lowest BCUT2D eigenvalue weighted by Gasteiger charge is -2.24. The Kier molecular flexibility index (Phi) is 2.65. The van der Waals surface area contributed by atoms with Gasteiger partial charge in [-0.2, -0.15) is 0 Å². The van der Waals surface area contributed by atoms with Crippen molar-refractivity contribution >= 4 is 17.3 Å². The SMILES string of the molecule is O=C1CC(c2ccco2)CC(=O)C1C(=O)C1CC1. The normalized spacial score (nSPS) is 28.4. The minimum absolute atomic E-state index is 0.0388. The number of rotatable bonds is 3. The van der Waals surface area contributed by atoms with Crippen molar-refractivity contribution in [3.63, 3.8) is 0 Å². The molecule has 2 aliphatic carbocycles. The molecular formula is C14H14O4. The third-order valence-electron chi connectivity index (χ3n) is 3.75. The molecule has 3 rings (SSSR count). The van der Waals surface area contributed by atoms with Crippen molar-refractivity contribution in [3.05, 3.63) is 24.2 Å². The van der Waals surface area contributed by atoms with Crippen LogP contribution in [0.3, 0.4) is 0 Å². The second-order valence-electron chi connectivity index (χ2n) is 5.16. The number of hydrogen-bond donors (Lipinski definition) is 0. The van der Waals surface area contributed by atoms with Crippen molar-refractivity contribution in [3.8, 4) is 0 Å². The summed E-state index contributed by atoms with van der Waals surface area (Å²) in [6, 6.07) is 3.51. The third-order valence-corrected chi connectivity index (χ3v) is 3.75. The highest BCUT2D eigenvalue weighted by Gasteiger charge is 2.45. The van der Waals surface area contributed by atoms with Crippen molar-refractivity contribution < 1.29 is 18.8 Å². The van der Waals surface area contributed by atoms with Crippen molar-refractivity contribution in [2.24, 2.45) is 11.8 Å². The van der Waals surface area contributed by atoms with E-state index >= 15 is 0 Å². The van der Waals surface area contributed by atoms with Gasteiger partial charge in [0.05, 0.1) is 6.26 Å². The first-order chi connectivity index (χ1) is 8.66. The largest absolute Gasteiger partial charge is 0.469 e. The van der Waals surface area contributed by atoms with E-state index in [2.05, 4.69) is 0 Å². The molecule has 1 aromatic rings. The number of ketones is 3. The Morgan fingerprint density at radius 1 is 1.17 bits per heavy atom. The first kappa shape index (κ1) is 11.4. The number of furan rings is 1. The highest BCUT2D eigenvalue weighted by atomic mass is 16.3. The van der Waals surface area contributed by atoms with E-state index in [0.717, 1.165) is 12.8 Å². The molecule has 2 fully saturated rings. The summed E-state index contributed by atoms with van der Waals surface area (Å²) in [4.78, 5) is 35.9. The van der Waals surface area contributed by atoms with Crippen molar-refractivity contribution in [1.82, 2.24) is 0 Å². The quantitative estimate of drug-likeness (QED) is 0.764. The van der Waals surface area contributed by atoms with E-state index in [0.29, 0.717) is 5.76 Å². The molecular weight excluding hydrogens is 232 g/mol. The van der Waals surface area contributed by atoms with Crippen LogP contribution in [-0.2, 0) is 14.4 Å². The van der Waals surface area contributed by atoms with E-state index in [1.165, 1.54) is 6.26 Å². The lowest BCUT2D eigenvalue weighted by molar-refractivity contribution is -0.143. The summed E-state index contributed by atoms with van der Waals surface area (Å²) in [6.45, 7) is 0. The van der Waals surface area contributed by atoms with Gasteiger partial charge in [-0.25, -0.2) is 0 Å². The molecule has 0 aromatic carbocycles. The Labute approximate surface area is 104 Å². The minimum atomic E-state index is -0.983. The summed E-state index contributed by atoms with van der Waals surface area (Å²) < 4.78 is 5.24. The van der Waals surface area contributed by atoms with Crippen LogP contribution in [0.1, 0.15) is 37.4 Å². The zero-order valence-corrected chi connectivity index (χ0v) is 9.93. The second-order valence-corrected chi connectivity index (χ2v) is 5.16. The summed E-state index contributed by atoms with van der Waals surface area (Å²) in [5.74, 6) is -1.17. The van der Waals surface area contributed by atoms with E-state index in [1.807, 2.05) is 0 Å². The molecule has 1 aromatic heterocycles. The lowest BCUT2D eigenvalue weighted by atomic mass is 9.76. The molecule has 2 saturated carbocycles. The van der Waals surface area contributed by atoms with Crippen LogP contribution in [0.25, 0.3) is 0 Å². The van der Waals surface area contributed by atoms with Crippen LogP contribution in [0.2, 0.25) is 0 Å². The first-order valence-electron chi connectivity index (χ1n) is 6.29. The van der Waals surface area contributed by atoms with E-state index < -0.39 is 5.92 Å². The molecule has 0 N–H and O–H groups in total. The average molecular weight is 246 g/mol. The van der Waals surface area contributed by atoms with Crippen molar-refractivity contribution in [2.75, 3.05) is 0 Å². The summed E-state index contributed by atoms with van der Waals surface area (Å²) in [6.07, 6.45) is 3.67. The van der Waals surface area contributed by atoms with Gasteiger partial charge in [0.2, 0.25) is 0 Å². The van der Waals surface area contributed by atoms with Crippen LogP contribution in [0, 0.1) is 11.8 Å². The molecule has 0 saturated heterocycles. The fourth-order valence-corrected chi connectivity index (χ4v) is 2.62. The average Bonchev–Trinajstić information content (AvgIpc) is 3.03. The Balaban J connectivity index is 1.77. The molecule has 0 radical (unpaired) electrons. The lowest BCUT2D eigenvalue weighted by Crippen LogP contribution is -2.38. The van der Waals surface area contributed by atoms with Crippen LogP contribution in [-0.4, -0.2) is 17.3 Å². The molecule has 1 heterocycles. The molecule has 4 heteroatoms. The molecule has 0 bridgehead atoms. The van der Waals surface area contributed by atoms with Gasteiger partial charge < -0.3 is 4.42 Å². The highest BCUT2D eigenvalue weighted by Crippen LogP contribution is 2.38. The summed E-state index contributed by atoms with van der Waals surface area (Å²) >= 11 is 0. The third kappa shape index (κ3) is 1.92. The summed E-state index contributed by atoms with van der Waals surface area (Å²) in [7, 11) is 0. The Hall–Kier alpha value is -1.71. The number of Topliss-reactive ketones (excluding diaryl/α,β-unsaturated/α-hetero) is 3. The fourth-order valence-electron chi connectivity index (χ4n) is 2.62. The van der Waals surface area contributed by atoms with Crippen LogP contribution in [0.4, 0.5) is 0 Å². The number of carbonyl (C=O) groups excluding carboxylic acids is 3. The molecule has 0 aliphatic heterocycles. The molecule has 94 valence electrons. The zero-order valence-electron chi connectivity index (χ0n) is 9.93. The predicted molar refractivity (Wildman–Crippen MR) is 61.9 cm³/mol. The Bertz CT molecular complexity index is 478. The summed E-state index contributed by atoms with van der Waals surface area (Å²) in [5, 5.41) is 0. The zero-order chi connectivity index (χ0) is 12.7. The maximum Gasteiger partial charge on any atom is 0.153 e.